The molecule has 1 aliphatic heterocycles. The number of nitrogens with zero attached hydrogens (tertiary/aromatic N) is 5. The van der Waals surface area contributed by atoms with Crippen LogP contribution < -0.4 is 10.1 Å². The number of carbonyl (C=O) groups excluding carboxylic acids is 1. The van der Waals surface area contributed by atoms with Gasteiger partial charge >= 0.3 is 0 Å². The van der Waals surface area contributed by atoms with Crippen LogP contribution in [0, 0.1) is 0 Å². The van der Waals surface area contributed by atoms with Crippen LogP contribution in [-0.4, -0.2) is 43.9 Å². The molecule has 0 radical (unpaired) electrons. The molecule has 2 aromatic heterocycles. The van der Waals surface area contributed by atoms with Gasteiger partial charge in [-0.3, -0.25) is 10.1 Å². The van der Waals surface area contributed by atoms with Gasteiger partial charge in [0.15, 0.2) is 6.61 Å². The van der Waals surface area contributed by atoms with Crippen molar-refractivity contribution in [2.75, 3.05) is 18.5 Å². The normalized spacial score (nSPS) is 16.0. The highest BCUT2D eigenvalue weighted by molar-refractivity contribution is 5.78. The molecule has 1 fully saturated rings. The lowest BCUT2D eigenvalue weighted by Crippen LogP contribution is -2.34. The predicted octanol–water partition coefficient (Wildman–Crippen LogP) is 2.75. The van der Waals surface area contributed by atoms with Crippen LogP contribution in [-0.2, 0) is 4.79 Å². The predicted molar refractivity (Wildman–Crippen MR) is 103 cm³/mol. The number of amides is 1. The van der Waals surface area contributed by atoms with Gasteiger partial charge in [0.25, 0.3) is 5.91 Å². The highest BCUT2D eigenvalue weighted by Crippen LogP contribution is 2.31. The van der Waals surface area contributed by atoms with Crippen molar-refractivity contribution in [3.63, 3.8) is 0 Å². The smallest absolute Gasteiger partial charge is 0.261 e. The highest BCUT2D eigenvalue weighted by atomic mass is 16.5. The van der Waals surface area contributed by atoms with Crippen LogP contribution in [0.5, 0.6) is 5.75 Å². The van der Waals surface area contributed by atoms with Crippen LogP contribution in [0.3, 0.4) is 0 Å². The lowest BCUT2D eigenvalue weighted by Gasteiger charge is -2.24. The Kier molecular flexibility index (Phi) is 5.37. The molecule has 1 aromatic carbocycles. The van der Waals surface area contributed by atoms with Crippen molar-refractivity contribution >= 4 is 17.8 Å². The molecule has 1 saturated heterocycles. The second kappa shape index (κ2) is 8.43. The van der Waals surface area contributed by atoms with Gasteiger partial charge in [0.1, 0.15) is 5.75 Å². The molecule has 8 nitrogen and oxygen atoms in total. The first-order chi connectivity index (χ1) is 13.8. The van der Waals surface area contributed by atoms with Gasteiger partial charge in [-0.2, -0.15) is 0 Å². The van der Waals surface area contributed by atoms with Crippen LogP contribution in [0.2, 0.25) is 0 Å². The van der Waals surface area contributed by atoms with Crippen LogP contribution in [0.25, 0.3) is 0 Å². The zero-order valence-corrected chi connectivity index (χ0v) is 15.2. The number of carbonyl (C=O) groups is 1. The summed E-state index contributed by atoms with van der Waals surface area (Å²) in [7, 11) is 0. The van der Waals surface area contributed by atoms with E-state index in [-0.39, 0.29) is 18.6 Å². The van der Waals surface area contributed by atoms with Crippen LogP contribution in [0.15, 0.2) is 61.1 Å². The standard InChI is InChI=1S/C20H20N6O2/c27-18(14-28-15-6-2-1-3-7-15)26-13-4-8-17(26)16-9-12-23-20(24-16)25-19-21-10-5-11-22-19/h1-3,5-7,9-12,17H,4,8,13-14H2,(H,21,22,23,24,25)/t17-/m1/s1. The number of anilines is 2. The van der Waals surface area contributed by atoms with E-state index in [0.717, 1.165) is 18.5 Å². The molecule has 1 atom stereocenters. The third-order valence-corrected chi connectivity index (χ3v) is 4.49. The summed E-state index contributed by atoms with van der Waals surface area (Å²) < 4.78 is 5.61. The van der Waals surface area contributed by atoms with Gasteiger partial charge < -0.3 is 9.64 Å². The van der Waals surface area contributed by atoms with Gasteiger partial charge in [-0.1, -0.05) is 18.2 Å². The van der Waals surface area contributed by atoms with E-state index in [2.05, 4.69) is 25.3 Å². The van der Waals surface area contributed by atoms with Crippen molar-refractivity contribution in [2.24, 2.45) is 0 Å². The zero-order valence-electron chi connectivity index (χ0n) is 15.2. The topological polar surface area (TPSA) is 93.1 Å². The van der Waals surface area contributed by atoms with E-state index >= 15 is 0 Å². The van der Waals surface area contributed by atoms with Crippen LogP contribution >= 0.6 is 0 Å². The van der Waals surface area contributed by atoms with Gasteiger partial charge in [-0.25, -0.2) is 19.9 Å². The Morgan fingerprint density at radius 2 is 1.82 bits per heavy atom. The SMILES string of the molecule is O=C(COc1ccccc1)N1CCC[C@@H]1c1ccnc(Nc2ncccn2)n1. The fraction of sp³-hybridized carbons (Fsp3) is 0.250. The highest BCUT2D eigenvalue weighted by Gasteiger charge is 2.31. The Morgan fingerprint density at radius 3 is 2.64 bits per heavy atom. The second-order valence-corrected chi connectivity index (χ2v) is 6.35. The molecule has 1 aliphatic rings. The molecule has 0 unspecified atom stereocenters. The monoisotopic (exact) mass is 376 g/mol. The van der Waals surface area contributed by atoms with E-state index in [1.54, 1.807) is 24.7 Å². The van der Waals surface area contributed by atoms with Crippen molar-refractivity contribution in [1.29, 1.82) is 0 Å². The average molecular weight is 376 g/mol. The summed E-state index contributed by atoms with van der Waals surface area (Å²) in [6, 6.07) is 12.8. The largest absolute Gasteiger partial charge is 0.484 e. The molecule has 142 valence electrons. The maximum absolute atomic E-state index is 12.7. The molecule has 0 aliphatic carbocycles. The number of rotatable bonds is 6. The van der Waals surface area contributed by atoms with Crippen molar-refractivity contribution < 1.29 is 9.53 Å². The summed E-state index contributed by atoms with van der Waals surface area (Å²) in [5.41, 5.74) is 0.791. The minimum absolute atomic E-state index is 0.00849. The quantitative estimate of drug-likeness (QED) is 0.707. The van der Waals surface area contributed by atoms with Gasteiger partial charge in [0, 0.05) is 25.1 Å². The van der Waals surface area contributed by atoms with Crippen LogP contribution in [0.4, 0.5) is 11.9 Å². The molecule has 3 aromatic rings. The first kappa shape index (κ1) is 17.8. The Bertz CT molecular complexity index is 922. The van der Waals surface area contributed by atoms with Gasteiger partial charge in [0.2, 0.25) is 11.9 Å². The summed E-state index contributed by atoms with van der Waals surface area (Å²) in [5, 5.41) is 2.99. The number of benzene rings is 1. The zero-order chi connectivity index (χ0) is 19.2. The second-order valence-electron chi connectivity index (χ2n) is 6.35. The number of hydrogen-bond donors (Lipinski definition) is 1. The van der Waals surface area contributed by atoms with Gasteiger partial charge in [-0.15, -0.1) is 0 Å². The van der Waals surface area contributed by atoms with E-state index in [1.807, 2.05) is 41.3 Å². The van der Waals surface area contributed by atoms with Gasteiger partial charge in [0.05, 0.1) is 11.7 Å². The Labute approximate surface area is 162 Å². The maximum Gasteiger partial charge on any atom is 0.261 e. The van der Waals surface area contributed by atoms with Crippen molar-refractivity contribution in [3.05, 3.63) is 66.7 Å². The Morgan fingerprint density at radius 1 is 1.04 bits per heavy atom. The average Bonchev–Trinajstić information content (AvgIpc) is 3.24. The molecule has 4 rings (SSSR count). The first-order valence-corrected chi connectivity index (χ1v) is 9.14. The van der Waals surface area contributed by atoms with E-state index < -0.39 is 0 Å². The van der Waals surface area contributed by atoms with Crippen molar-refractivity contribution in [3.8, 4) is 5.75 Å². The molecule has 0 spiro atoms. The molecular formula is C20H20N6O2. The molecule has 0 bridgehead atoms. The van der Waals surface area contributed by atoms with Crippen molar-refractivity contribution in [1.82, 2.24) is 24.8 Å². The van der Waals surface area contributed by atoms with Gasteiger partial charge in [-0.05, 0) is 37.1 Å². The van der Waals surface area contributed by atoms with E-state index in [9.17, 15) is 4.79 Å². The lowest BCUT2D eigenvalue weighted by atomic mass is 10.1. The Hall–Kier alpha value is -3.55. The van der Waals surface area contributed by atoms with Crippen LogP contribution in [0.1, 0.15) is 24.6 Å². The lowest BCUT2D eigenvalue weighted by molar-refractivity contribution is -0.134. The molecule has 8 heteroatoms. The summed E-state index contributed by atoms with van der Waals surface area (Å²) in [4.78, 5) is 31.5. The minimum atomic E-state index is -0.0906. The summed E-state index contributed by atoms with van der Waals surface area (Å²) in [6.45, 7) is 0.699. The fourth-order valence-electron chi connectivity index (χ4n) is 3.20. The number of para-hydroxylation sites is 1. The summed E-state index contributed by atoms with van der Waals surface area (Å²) in [6.07, 6.45) is 6.74. The molecular weight excluding hydrogens is 356 g/mol. The summed E-state index contributed by atoms with van der Waals surface area (Å²) in [5.74, 6) is 1.47. The number of nitrogens with one attached hydrogen (secondary N) is 1. The number of hydrogen-bond acceptors (Lipinski definition) is 7. The molecule has 1 amide bonds. The summed E-state index contributed by atoms with van der Waals surface area (Å²) >= 11 is 0. The number of ether oxygens (including phenoxy) is 1. The third kappa shape index (κ3) is 4.22. The third-order valence-electron chi connectivity index (χ3n) is 4.49. The number of likely N-dealkylation sites (tertiary alicyclic amines) is 1. The Balaban J connectivity index is 1.44. The molecule has 1 N–H and O–H groups in total. The maximum atomic E-state index is 12.7. The molecule has 3 heterocycles. The molecule has 28 heavy (non-hydrogen) atoms. The molecule has 0 saturated carbocycles. The first-order valence-electron chi connectivity index (χ1n) is 9.14. The fourth-order valence-corrected chi connectivity index (χ4v) is 3.20. The van der Waals surface area contributed by atoms with E-state index in [1.165, 1.54) is 0 Å². The van der Waals surface area contributed by atoms with E-state index in [4.69, 9.17) is 4.74 Å². The van der Waals surface area contributed by atoms with E-state index in [0.29, 0.717) is 24.2 Å². The number of aromatic nitrogens is 4. The van der Waals surface area contributed by atoms with Crippen molar-refractivity contribution in [2.45, 2.75) is 18.9 Å². The minimum Gasteiger partial charge on any atom is -0.484 e.